The molecule has 1 fully saturated rings. The molecule has 2 N–H and O–H groups in total. The van der Waals surface area contributed by atoms with Crippen molar-refractivity contribution in [3.05, 3.63) is 35.9 Å². The zero-order valence-electron chi connectivity index (χ0n) is 12.8. The van der Waals surface area contributed by atoms with Crippen molar-refractivity contribution in [1.29, 1.82) is 0 Å². The third-order valence-corrected chi connectivity index (χ3v) is 4.55. The van der Waals surface area contributed by atoms with Crippen molar-refractivity contribution in [2.45, 2.75) is 44.2 Å². The van der Waals surface area contributed by atoms with Gasteiger partial charge in [0.05, 0.1) is 6.61 Å². The second-order valence-corrected chi connectivity index (χ2v) is 5.86. The van der Waals surface area contributed by atoms with Gasteiger partial charge in [0, 0.05) is 31.8 Å². The molecule has 0 saturated heterocycles. The van der Waals surface area contributed by atoms with E-state index in [0.29, 0.717) is 12.6 Å². The van der Waals surface area contributed by atoms with Crippen LogP contribution in [0.15, 0.2) is 30.3 Å². The molecule has 1 atom stereocenters. The largest absolute Gasteiger partial charge is 0.383 e. The summed E-state index contributed by atoms with van der Waals surface area (Å²) in [4.78, 5) is 2.61. The summed E-state index contributed by atoms with van der Waals surface area (Å²) in [5, 5.41) is 0. The van der Waals surface area contributed by atoms with Crippen LogP contribution >= 0.6 is 0 Å². The lowest BCUT2D eigenvalue weighted by Gasteiger charge is -2.43. The second-order valence-electron chi connectivity index (χ2n) is 5.86. The minimum absolute atomic E-state index is 0.0705. The quantitative estimate of drug-likeness (QED) is 0.753. The molecule has 1 aliphatic rings. The normalized spacial score (nSPS) is 18.2. The second kappa shape index (κ2) is 7.21. The molecule has 1 saturated carbocycles. The van der Waals surface area contributed by atoms with E-state index in [2.05, 4.69) is 42.2 Å². The summed E-state index contributed by atoms with van der Waals surface area (Å²) < 4.78 is 5.30. The molecule has 3 heteroatoms. The zero-order chi connectivity index (χ0) is 14.4. The van der Waals surface area contributed by atoms with Crippen molar-refractivity contribution in [2.75, 3.05) is 26.8 Å². The van der Waals surface area contributed by atoms with Gasteiger partial charge >= 0.3 is 0 Å². The first-order valence-electron chi connectivity index (χ1n) is 7.75. The molecule has 0 radical (unpaired) electrons. The van der Waals surface area contributed by atoms with Crippen molar-refractivity contribution in [3.63, 3.8) is 0 Å². The molecule has 1 aromatic rings. The molecular weight excluding hydrogens is 248 g/mol. The minimum atomic E-state index is 0.0705. The molecule has 0 bridgehead atoms. The van der Waals surface area contributed by atoms with E-state index in [9.17, 15) is 0 Å². The number of ether oxygens (including phenoxy) is 1. The van der Waals surface area contributed by atoms with Crippen LogP contribution in [0.3, 0.4) is 0 Å². The average Bonchev–Trinajstić information content (AvgIpc) is 3.32. The summed E-state index contributed by atoms with van der Waals surface area (Å²) in [7, 11) is 1.78. The van der Waals surface area contributed by atoms with Gasteiger partial charge in [0.1, 0.15) is 0 Å². The van der Waals surface area contributed by atoms with Gasteiger partial charge in [0.15, 0.2) is 0 Å². The Kier molecular flexibility index (Phi) is 5.58. The summed E-state index contributed by atoms with van der Waals surface area (Å²) in [6.07, 6.45) is 4.72. The molecule has 0 aliphatic heterocycles. The van der Waals surface area contributed by atoms with E-state index in [4.69, 9.17) is 10.5 Å². The number of methoxy groups -OCH3 is 1. The van der Waals surface area contributed by atoms with Crippen LogP contribution in [-0.2, 0) is 11.2 Å². The molecule has 1 aromatic carbocycles. The highest BCUT2D eigenvalue weighted by atomic mass is 16.5. The summed E-state index contributed by atoms with van der Waals surface area (Å²) in [6, 6.07) is 11.4. The Balaban J connectivity index is 2.17. The fourth-order valence-corrected chi connectivity index (χ4v) is 3.12. The molecule has 0 amide bonds. The number of rotatable bonds is 9. The predicted molar refractivity (Wildman–Crippen MR) is 83.8 cm³/mol. The molecule has 2 rings (SSSR count). The van der Waals surface area contributed by atoms with E-state index in [1.54, 1.807) is 7.11 Å². The molecule has 1 aliphatic carbocycles. The standard InChI is InChI=1S/C17H28N2O/c1-3-17(14-18,13-15-7-5-4-6-8-15)19(11-12-20-2)16-9-10-16/h4-8,16H,3,9-14,18H2,1-2H3. The Hall–Kier alpha value is -0.900. The van der Waals surface area contributed by atoms with Crippen LogP contribution in [0.5, 0.6) is 0 Å². The Labute approximate surface area is 123 Å². The average molecular weight is 276 g/mol. The van der Waals surface area contributed by atoms with Gasteiger partial charge in [0.25, 0.3) is 0 Å². The van der Waals surface area contributed by atoms with Gasteiger partial charge in [0.2, 0.25) is 0 Å². The molecular formula is C17H28N2O. The van der Waals surface area contributed by atoms with Crippen LogP contribution in [0, 0.1) is 0 Å². The van der Waals surface area contributed by atoms with Crippen molar-refractivity contribution >= 4 is 0 Å². The van der Waals surface area contributed by atoms with Gasteiger partial charge in [-0.3, -0.25) is 4.90 Å². The highest BCUT2D eigenvalue weighted by Gasteiger charge is 2.42. The van der Waals surface area contributed by atoms with E-state index >= 15 is 0 Å². The first-order valence-corrected chi connectivity index (χ1v) is 7.75. The Bertz CT molecular complexity index is 385. The molecule has 1 unspecified atom stereocenters. The van der Waals surface area contributed by atoms with Crippen molar-refractivity contribution in [2.24, 2.45) is 5.73 Å². The fraction of sp³-hybridized carbons (Fsp3) is 0.647. The number of hydrogen-bond acceptors (Lipinski definition) is 3. The van der Waals surface area contributed by atoms with Crippen LogP contribution < -0.4 is 5.73 Å². The first-order chi connectivity index (χ1) is 9.75. The van der Waals surface area contributed by atoms with E-state index in [-0.39, 0.29) is 5.54 Å². The van der Waals surface area contributed by atoms with Crippen molar-refractivity contribution in [3.8, 4) is 0 Å². The van der Waals surface area contributed by atoms with Crippen LogP contribution in [-0.4, -0.2) is 43.3 Å². The van der Waals surface area contributed by atoms with Gasteiger partial charge in [-0.15, -0.1) is 0 Å². The van der Waals surface area contributed by atoms with E-state index in [0.717, 1.165) is 26.0 Å². The molecule has 0 heterocycles. The molecule has 0 aromatic heterocycles. The third kappa shape index (κ3) is 3.60. The van der Waals surface area contributed by atoms with Gasteiger partial charge in [-0.05, 0) is 31.2 Å². The van der Waals surface area contributed by atoms with E-state index < -0.39 is 0 Å². The highest BCUT2D eigenvalue weighted by Crippen LogP contribution is 2.35. The monoisotopic (exact) mass is 276 g/mol. The first kappa shape index (κ1) is 15.5. The van der Waals surface area contributed by atoms with Crippen LogP contribution in [0.2, 0.25) is 0 Å². The SMILES string of the molecule is CCC(CN)(Cc1ccccc1)N(CCOC)C1CC1. The zero-order valence-corrected chi connectivity index (χ0v) is 12.8. The summed E-state index contributed by atoms with van der Waals surface area (Å²) in [5.74, 6) is 0. The Morgan fingerprint density at radius 3 is 2.50 bits per heavy atom. The third-order valence-electron chi connectivity index (χ3n) is 4.55. The summed E-state index contributed by atoms with van der Waals surface area (Å²) in [6.45, 7) is 4.74. The summed E-state index contributed by atoms with van der Waals surface area (Å²) in [5.41, 5.74) is 7.67. The van der Waals surface area contributed by atoms with Gasteiger partial charge in [-0.1, -0.05) is 37.3 Å². The Morgan fingerprint density at radius 1 is 1.30 bits per heavy atom. The lowest BCUT2D eigenvalue weighted by atomic mass is 9.86. The van der Waals surface area contributed by atoms with Gasteiger partial charge < -0.3 is 10.5 Å². The topological polar surface area (TPSA) is 38.5 Å². The maximum Gasteiger partial charge on any atom is 0.0590 e. The number of hydrogen-bond donors (Lipinski definition) is 1. The van der Waals surface area contributed by atoms with E-state index in [1.165, 1.54) is 18.4 Å². The van der Waals surface area contributed by atoms with Crippen LogP contribution in [0.1, 0.15) is 31.7 Å². The van der Waals surface area contributed by atoms with Crippen LogP contribution in [0.4, 0.5) is 0 Å². The number of nitrogens with zero attached hydrogens (tertiary/aromatic N) is 1. The predicted octanol–water partition coefficient (Wildman–Crippen LogP) is 2.45. The number of nitrogens with two attached hydrogens (primary N) is 1. The van der Waals surface area contributed by atoms with Gasteiger partial charge in [-0.2, -0.15) is 0 Å². The molecule has 20 heavy (non-hydrogen) atoms. The minimum Gasteiger partial charge on any atom is -0.383 e. The fourth-order valence-electron chi connectivity index (χ4n) is 3.12. The van der Waals surface area contributed by atoms with Crippen LogP contribution in [0.25, 0.3) is 0 Å². The molecule has 112 valence electrons. The van der Waals surface area contributed by atoms with Crippen molar-refractivity contribution in [1.82, 2.24) is 4.90 Å². The number of benzene rings is 1. The Morgan fingerprint density at radius 2 is 2.00 bits per heavy atom. The van der Waals surface area contributed by atoms with Crippen molar-refractivity contribution < 1.29 is 4.74 Å². The lowest BCUT2D eigenvalue weighted by Crippen LogP contribution is -2.57. The van der Waals surface area contributed by atoms with Gasteiger partial charge in [-0.25, -0.2) is 0 Å². The maximum absolute atomic E-state index is 6.22. The summed E-state index contributed by atoms with van der Waals surface area (Å²) >= 11 is 0. The highest BCUT2D eigenvalue weighted by molar-refractivity contribution is 5.19. The van der Waals surface area contributed by atoms with E-state index in [1.807, 2.05) is 0 Å². The maximum atomic E-state index is 6.22. The lowest BCUT2D eigenvalue weighted by molar-refractivity contribution is 0.0491. The smallest absolute Gasteiger partial charge is 0.0590 e. The molecule has 0 spiro atoms. The molecule has 3 nitrogen and oxygen atoms in total.